The molecule has 3 rings (SSSR count). The highest BCUT2D eigenvalue weighted by Gasteiger charge is 2.10. The van der Waals surface area contributed by atoms with Crippen LogP contribution >= 0.6 is 11.6 Å². The van der Waals surface area contributed by atoms with E-state index >= 15 is 0 Å². The molecule has 0 amide bonds. The molecule has 0 aliphatic carbocycles. The van der Waals surface area contributed by atoms with E-state index in [0.717, 1.165) is 34.4 Å². The molecular formula is C26H34ClN5O. The first-order chi connectivity index (χ1) is 15.9. The summed E-state index contributed by atoms with van der Waals surface area (Å²) < 4.78 is 0. The molecule has 2 heterocycles. The Labute approximate surface area is 201 Å². The van der Waals surface area contributed by atoms with Gasteiger partial charge in [-0.25, -0.2) is 9.97 Å². The smallest absolute Gasteiger partial charge is 0.227 e. The third-order valence-corrected chi connectivity index (χ3v) is 5.18. The molecule has 0 saturated carbocycles. The van der Waals surface area contributed by atoms with Crippen molar-refractivity contribution in [3.8, 4) is 0 Å². The van der Waals surface area contributed by atoms with E-state index in [9.17, 15) is 4.79 Å². The molecule has 0 unspecified atom stereocenters. The van der Waals surface area contributed by atoms with E-state index in [4.69, 9.17) is 11.6 Å². The van der Waals surface area contributed by atoms with Crippen molar-refractivity contribution in [1.82, 2.24) is 15.0 Å². The first-order valence-corrected chi connectivity index (χ1v) is 11.9. The molecule has 2 N–H and O–H groups in total. The number of aliphatic imine (C=N–C) groups is 1. The predicted octanol–water partition coefficient (Wildman–Crippen LogP) is 7.99. The SMILES string of the molecule is C/C=C(\N=CCC)c1ccnc(Nc2cc(Cl)c3[nH]c(C(C)=O)cc3c2)n1.CCCCCC. The molecule has 0 bridgehead atoms. The van der Waals surface area contributed by atoms with Gasteiger partial charge in [0.05, 0.1) is 27.6 Å². The maximum absolute atomic E-state index is 11.6. The largest absolute Gasteiger partial charge is 0.351 e. The monoisotopic (exact) mass is 467 g/mol. The predicted molar refractivity (Wildman–Crippen MR) is 141 cm³/mol. The van der Waals surface area contributed by atoms with Gasteiger partial charge in [-0.2, -0.15) is 0 Å². The number of fused-ring (bicyclic) bond motifs is 1. The Kier molecular flexibility index (Phi) is 10.8. The van der Waals surface area contributed by atoms with Crippen molar-refractivity contribution in [3.63, 3.8) is 0 Å². The average Bonchev–Trinajstić information content (AvgIpc) is 3.24. The number of unbranched alkanes of at least 4 members (excludes halogenated alkanes) is 3. The molecule has 0 fully saturated rings. The molecule has 33 heavy (non-hydrogen) atoms. The van der Waals surface area contributed by atoms with Crippen LogP contribution in [0.2, 0.25) is 5.02 Å². The van der Waals surface area contributed by atoms with Crippen LogP contribution in [0.3, 0.4) is 0 Å². The van der Waals surface area contributed by atoms with Crippen LogP contribution in [0.25, 0.3) is 16.6 Å². The summed E-state index contributed by atoms with van der Waals surface area (Å²) in [5, 5.41) is 4.52. The Morgan fingerprint density at radius 1 is 1.18 bits per heavy atom. The minimum absolute atomic E-state index is 0.0423. The summed E-state index contributed by atoms with van der Waals surface area (Å²) in [5.74, 6) is 0.399. The first kappa shape index (κ1) is 26.3. The summed E-state index contributed by atoms with van der Waals surface area (Å²) in [6.07, 6.45) is 11.8. The van der Waals surface area contributed by atoms with Crippen molar-refractivity contribution in [2.45, 2.75) is 66.7 Å². The van der Waals surface area contributed by atoms with E-state index in [1.165, 1.54) is 32.6 Å². The van der Waals surface area contributed by atoms with Gasteiger partial charge in [-0.05, 0) is 37.6 Å². The third kappa shape index (κ3) is 7.82. The lowest BCUT2D eigenvalue weighted by Gasteiger charge is -2.08. The number of Topliss-reactive ketones (excluding diaryl/α,β-unsaturated/α-hetero) is 1. The lowest BCUT2D eigenvalue weighted by atomic mass is 10.2. The van der Waals surface area contributed by atoms with Crippen LogP contribution in [0.1, 0.15) is 82.9 Å². The standard InChI is InChI=1S/C20H20ClN5O.C6H14/c1-4-7-22-16(5-2)17-6-8-23-20(26-17)24-14-9-13-10-18(12(3)27)25-19(13)15(21)11-14;1-3-5-6-4-2/h5-11,25H,4H2,1-3H3,(H,23,24,26);3-6H2,1-2H3/b16-5-,22-7?;. The maximum Gasteiger partial charge on any atom is 0.227 e. The summed E-state index contributed by atoms with van der Waals surface area (Å²) in [6.45, 7) is 9.92. The normalized spacial score (nSPS) is 11.5. The van der Waals surface area contributed by atoms with E-state index in [1.807, 2.05) is 38.3 Å². The van der Waals surface area contributed by atoms with Gasteiger partial charge in [-0.1, -0.05) is 64.1 Å². The second-order valence-electron chi connectivity index (χ2n) is 7.65. The van der Waals surface area contributed by atoms with Crippen molar-refractivity contribution in [3.05, 3.63) is 52.9 Å². The number of nitrogens with zero attached hydrogens (tertiary/aromatic N) is 3. The number of anilines is 2. The molecule has 0 spiro atoms. The zero-order valence-electron chi connectivity index (χ0n) is 20.2. The summed E-state index contributed by atoms with van der Waals surface area (Å²) in [4.78, 5) is 27.8. The highest BCUT2D eigenvalue weighted by Crippen LogP contribution is 2.29. The van der Waals surface area contributed by atoms with Crippen LogP contribution < -0.4 is 5.32 Å². The molecule has 7 heteroatoms. The van der Waals surface area contributed by atoms with E-state index in [2.05, 4.69) is 39.1 Å². The number of ketones is 1. The second-order valence-corrected chi connectivity index (χ2v) is 8.06. The summed E-state index contributed by atoms with van der Waals surface area (Å²) in [6, 6.07) is 7.26. The number of carbonyl (C=O) groups excluding carboxylic acids is 1. The van der Waals surface area contributed by atoms with Crippen molar-refractivity contribution in [2.24, 2.45) is 4.99 Å². The summed E-state index contributed by atoms with van der Waals surface area (Å²) in [5.41, 5.74) is 3.50. The Morgan fingerprint density at radius 2 is 1.91 bits per heavy atom. The van der Waals surface area contributed by atoms with Gasteiger partial charge in [0.15, 0.2) is 5.78 Å². The van der Waals surface area contributed by atoms with Gasteiger partial charge in [-0.3, -0.25) is 9.79 Å². The number of allylic oxidation sites excluding steroid dienone is 1. The molecule has 0 saturated heterocycles. The quantitative estimate of drug-likeness (QED) is 0.190. The van der Waals surface area contributed by atoms with E-state index in [-0.39, 0.29) is 5.78 Å². The van der Waals surface area contributed by atoms with Crippen LogP contribution in [0.5, 0.6) is 0 Å². The fourth-order valence-corrected chi connectivity index (χ4v) is 3.40. The number of aromatic amines is 1. The van der Waals surface area contributed by atoms with Crippen molar-refractivity contribution >= 4 is 51.8 Å². The fourth-order valence-electron chi connectivity index (χ4n) is 3.13. The number of benzene rings is 1. The minimum Gasteiger partial charge on any atom is -0.351 e. The Bertz CT molecular complexity index is 1110. The second kappa shape index (κ2) is 13.5. The van der Waals surface area contributed by atoms with E-state index in [1.54, 1.807) is 18.3 Å². The number of carbonyl (C=O) groups is 1. The maximum atomic E-state index is 11.6. The molecule has 6 nitrogen and oxygen atoms in total. The lowest BCUT2D eigenvalue weighted by molar-refractivity contribution is 0.101. The Balaban J connectivity index is 0.000000569. The van der Waals surface area contributed by atoms with Gasteiger partial charge in [-0.15, -0.1) is 0 Å². The molecule has 0 radical (unpaired) electrons. The topological polar surface area (TPSA) is 83.0 Å². The van der Waals surface area contributed by atoms with Crippen molar-refractivity contribution in [1.29, 1.82) is 0 Å². The Morgan fingerprint density at radius 3 is 2.52 bits per heavy atom. The molecule has 0 aliphatic heterocycles. The molecule has 1 aromatic carbocycles. The molecule has 3 aromatic rings. The van der Waals surface area contributed by atoms with E-state index < -0.39 is 0 Å². The number of rotatable bonds is 9. The number of hydrogen-bond acceptors (Lipinski definition) is 5. The number of hydrogen-bond donors (Lipinski definition) is 2. The number of aromatic nitrogens is 3. The molecule has 0 atom stereocenters. The summed E-state index contributed by atoms with van der Waals surface area (Å²) in [7, 11) is 0. The van der Waals surface area contributed by atoms with Gasteiger partial charge < -0.3 is 10.3 Å². The first-order valence-electron chi connectivity index (χ1n) is 11.6. The molecule has 2 aromatic heterocycles. The van der Waals surface area contributed by atoms with Gasteiger partial charge in [0.25, 0.3) is 0 Å². The average molecular weight is 468 g/mol. The van der Waals surface area contributed by atoms with E-state index in [0.29, 0.717) is 16.7 Å². The van der Waals surface area contributed by atoms with Crippen LogP contribution in [0, 0.1) is 0 Å². The third-order valence-electron chi connectivity index (χ3n) is 4.88. The van der Waals surface area contributed by atoms with Crippen molar-refractivity contribution in [2.75, 3.05) is 5.32 Å². The number of halogens is 1. The molecule has 176 valence electrons. The van der Waals surface area contributed by atoms with Gasteiger partial charge in [0.1, 0.15) is 0 Å². The number of nitrogens with one attached hydrogen (secondary N) is 2. The van der Waals surface area contributed by atoms with Gasteiger partial charge in [0, 0.05) is 30.4 Å². The lowest BCUT2D eigenvalue weighted by Crippen LogP contribution is -1.99. The van der Waals surface area contributed by atoms with Crippen LogP contribution in [-0.4, -0.2) is 26.9 Å². The summed E-state index contributed by atoms with van der Waals surface area (Å²) >= 11 is 6.36. The molecule has 0 aliphatic rings. The number of H-pyrrole nitrogens is 1. The van der Waals surface area contributed by atoms with Crippen LogP contribution in [-0.2, 0) is 0 Å². The Hall–Kier alpha value is -2.99. The molecular weight excluding hydrogens is 434 g/mol. The van der Waals surface area contributed by atoms with Gasteiger partial charge >= 0.3 is 0 Å². The van der Waals surface area contributed by atoms with Crippen LogP contribution in [0.4, 0.5) is 11.6 Å². The van der Waals surface area contributed by atoms with Crippen molar-refractivity contribution < 1.29 is 4.79 Å². The van der Waals surface area contributed by atoms with Crippen LogP contribution in [0.15, 0.2) is 41.5 Å². The minimum atomic E-state index is -0.0423. The highest BCUT2D eigenvalue weighted by molar-refractivity contribution is 6.35. The zero-order chi connectivity index (χ0) is 24.2. The highest BCUT2D eigenvalue weighted by atomic mass is 35.5. The fraction of sp³-hybridized carbons (Fsp3) is 0.385. The van der Waals surface area contributed by atoms with Gasteiger partial charge in [0.2, 0.25) is 5.95 Å². The zero-order valence-corrected chi connectivity index (χ0v) is 21.0.